The summed E-state index contributed by atoms with van der Waals surface area (Å²) >= 11 is 0. The second kappa shape index (κ2) is 8.26. The maximum atomic E-state index is 12.0. The van der Waals surface area contributed by atoms with Gasteiger partial charge < -0.3 is 9.15 Å². The normalized spacial score (nSPS) is 12.1. The molecule has 8 nitrogen and oxygen atoms in total. The molecule has 0 saturated heterocycles. The standard InChI is InChI=1S/C20H17N3O5/c1-13-4-3-5-15(12-13)6-11-18(24)27-14(2)19-21-22-20(28-19)16-7-9-17(10-8-16)23(25)26/h3-12,14H,1-2H3/b11-6+/t14-/m1/s1. The fraction of sp³-hybridized carbons (Fsp3) is 0.150. The summed E-state index contributed by atoms with van der Waals surface area (Å²) in [5, 5.41) is 18.5. The first-order valence-corrected chi connectivity index (χ1v) is 8.46. The molecule has 0 amide bonds. The molecule has 0 spiro atoms. The van der Waals surface area contributed by atoms with E-state index in [2.05, 4.69) is 10.2 Å². The highest BCUT2D eigenvalue weighted by Gasteiger charge is 2.18. The molecule has 0 aliphatic rings. The molecule has 1 aromatic heterocycles. The van der Waals surface area contributed by atoms with E-state index in [1.807, 2.05) is 31.2 Å². The Balaban J connectivity index is 1.64. The number of esters is 1. The van der Waals surface area contributed by atoms with E-state index in [4.69, 9.17) is 9.15 Å². The molecule has 28 heavy (non-hydrogen) atoms. The van der Waals surface area contributed by atoms with Gasteiger partial charge in [0.05, 0.1) is 4.92 Å². The Morgan fingerprint density at radius 1 is 1.21 bits per heavy atom. The van der Waals surface area contributed by atoms with Gasteiger partial charge >= 0.3 is 5.97 Å². The summed E-state index contributed by atoms with van der Waals surface area (Å²) in [7, 11) is 0. The van der Waals surface area contributed by atoms with E-state index in [0.29, 0.717) is 5.56 Å². The Hall–Kier alpha value is -3.81. The molecule has 0 fully saturated rings. The number of hydrogen-bond acceptors (Lipinski definition) is 7. The third-order valence-electron chi connectivity index (χ3n) is 3.86. The summed E-state index contributed by atoms with van der Waals surface area (Å²) in [6, 6.07) is 13.4. The van der Waals surface area contributed by atoms with Crippen LogP contribution in [0.1, 0.15) is 30.0 Å². The number of aryl methyl sites for hydroxylation is 1. The van der Waals surface area contributed by atoms with Gasteiger partial charge in [-0.1, -0.05) is 29.8 Å². The topological polar surface area (TPSA) is 108 Å². The van der Waals surface area contributed by atoms with Gasteiger partial charge in [0.2, 0.25) is 5.89 Å². The molecule has 2 aromatic carbocycles. The van der Waals surface area contributed by atoms with Gasteiger partial charge in [0.1, 0.15) is 0 Å². The Bertz CT molecular complexity index is 1020. The van der Waals surface area contributed by atoms with E-state index in [1.165, 1.54) is 30.3 Å². The first-order chi connectivity index (χ1) is 13.4. The second-order valence-electron chi connectivity index (χ2n) is 6.08. The van der Waals surface area contributed by atoms with E-state index in [-0.39, 0.29) is 17.5 Å². The number of ether oxygens (including phenoxy) is 1. The van der Waals surface area contributed by atoms with E-state index < -0.39 is 17.0 Å². The van der Waals surface area contributed by atoms with Gasteiger partial charge in [-0.2, -0.15) is 0 Å². The van der Waals surface area contributed by atoms with Crippen molar-refractivity contribution in [1.82, 2.24) is 10.2 Å². The Kier molecular flexibility index (Phi) is 5.59. The SMILES string of the molecule is Cc1cccc(/C=C/C(=O)O[C@H](C)c2nnc(-c3ccc([N+](=O)[O-])cc3)o2)c1. The number of hydrogen-bond donors (Lipinski definition) is 0. The van der Waals surface area contributed by atoms with Gasteiger partial charge in [0, 0.05) is 23.8 Å². The zero-order valence-electron chi connectivity index (χ0n) is 15.2. The molecule has 1 heterocycles. The summed E-state index contributed by atoms with van der Waals surface area (Å²) in [6.07, 6.45) is 2.26. The number of nitro groups is 1. The van der Waals surface area contributed by atoms with Crippen molar-refractivity contribution in [3.05, 3.63) is 81.7 Å². The minimum Gasteiger partial charge on any atom is -0.449 e. The average Bonchev–Trinajstić information content (AvgIpc) is 3.17. The molecule has 1 atom stereocenters. The van der Waals surface area contributed by atoms with Crippen molar-refractivity contribution in [3.8, 4) is 11.5 Å². The number of carbonyl (C=O) groups is 1. The molecule has 0 saturated carbocycles. The molecule has 0 unspecified atom stereocenters. The van der Waals surface area contributed by atoms with Crippen LogP contribution in [0.15, 0.2) is 59.0 Å². The number of non-ortho nitro benzene ring substituents is 1. The Labute approximate surface area is 160 Å². The molecule has 0 aliphatic heterocycles. The summed E-state index contributed by atoms with van der Waals surface area (Å²) in [5.74, 6) is -0.224. The third kappa shape index (κ3) is 4.67. The lowest BCUT2D eigenvalue weighted by Gasteiger charge is -2.06. The van der Waals surface area contributed by atoms with Crippen molar-refractivity contribution in [3.63, 3.8) is 0 Å². The van der Waals surface area contributed by atoms with Crippen LogP contribution >= 0.6 is 0 Å². The van der Waals surface area contributed by atoms with Crippen molar-refractivity contribution in [2.45, 2.75) is 20.0 Å². The molecule has 0 radical (unpaired) electrons. The van der Waals surface area contributed by atoms with Crippen LogP contribution in [0.5, 0.6) is 0 Å². The predicted molar refractivity (Wildman–Crippen MR) is 101 cm³/mol. The molecule has 8 heteroatoms. The second-order valence-corrected chi connectivity index (χ2v) is 6.08. The first-order valence-electron chi connectivity index (χ1n) is 8.46. The first kappa shape index (κ1) is 19.0. The number of rotatable bonds is 6. The highest BCUT2D eigenvalue weighted by Crippen LogP contribution is 2.24. The van der Waals surface area contributed by atoms with Crippen LogP contribution in [-0.2, 0) is 9.53 Å². The smallest absolute Gasteiger partial charge is 0.331 e. The van der Waals surface area contributed by atoms with E-state index in [0.717, 1.165) is 11.1 Å². The van der Waals surface area contributed by atoms with E-state index in [9.17, 15) is 14.9 Å². The van der Waals surface area contributed by atoms with E-state index in [1.54, 1.807) is 13.0 Å². The third-order valence-corrected chi connectivity index (χ3v) is 3.86. The van der Waals surface area contributed by atoms with Crippen LogP contribution in [0.4, 0.5) is 5.69 Å². The zero-order chi connectivity index (χ0) is 20.1. The lowest BCUT2D eigenvalue weighted by molar-refractivity contribution is -0.384. The van der Waals surface area contributed by atoms with Crippen molar-refractivity contribution in [1.29, 1.82) is 0 Å². The minimum absolute atomic E-state index is 0.0359. The number of aromatic nitrogens is 2. The highest BCUT2D eigenvalue weighted by molar-refractivity contribution is 5.87. The highest BCUT2D eigenvalue weighted by atomic mass is 16.6. The summed E-state index contributed by atoms with van der Waals surface area (Å²) in [4.78, 5) is 22.2. The maximum absolute atomic E-state index is 12.0. The fourth-order valence-electron chi connectivity index (χ4n) is 2.44. The molecular formula is C20H17N3O5. The van der Waals surface area contributed by atoms with Gasteiger partial charge in [0.15, 0.2) is 6.10 Å². The number of nitro benzene ring substituents is 1. The van der Waals surface area contributed by atoms with Gasteiger partial charge in [-0.25, -0.2) is 4.79 Å². The summed E-state index contributed by atoms with van der Waals surface area (Å²) in [5.41, 5.74) is 2.48. The van der Waals surface area contributed by atoms with Crippen LogP contribution in [0.2, 0.25) is 0 Å². The van der Waals surface area contributed by atoms with Gasteiger partial charge in [-0.15, -0.1) is 10.2 Å². The van der Waals surface area contributed by atoms with Crippen LogP contribution in [0, 0.1) is 17.0 Å². The van der Waals surface area contributed by atoms with Crippen molar-refractivity contribution in [2.24, 2.45) is 0 Å². The van der Waals surface area contributed by atoms with Crippen molar-refractivity contribution < 1.29 is 18.9 Å². The van der Waals surface area contributed by atoms with Crippen LogP contribution in [-0.4, -0.2) is 21.1 Å². The zero-order valence-corrected chi connectivity index (χ0v) is 15.2. The van der Waals surface area contributed by atoms with E-state index >= 15 is 0 Å². The molecule has 3 rings (SSSR count). The average molecular weight is 379 g/mol. The largest absolute Gasteiger partial charge is 0.449 e. The van der Waals surface area contributed by atoms with Crippen LogP contribution in [0.3, 0.4) is 0 Å². The molecule has 0 bridgehead atoms. The molecule has 0 N–H and O–H groups in total. The fourth-order valence-corrected chi connectivity index (χ4v) is 2.44. The van der Waals surface area contributed by atoms with Crippen LogP contribution < -0.4 is 0 Å². The Morgan fingerprint density at radius 2 is 1.96 bits per heavy atom. The molecule has 142 valence electrons. The number of benzene rings is 2. The lowest BCUT2D eigenvalue weighted by Crippen LogP contribution is -2.06. The monoisotopic (exact) mass is 379 g/mol. The summed E-state index contributed by atoms with van der Waals surface area (Å²) < 4.78 is 10.8. The quantitative estimate of drug-likeness (QED) is 0.272. The molecular weight excluding hydrogens is 362 g/mol. The van der Waals surface area contributed by atoms with Gasteiger partial charge in [-0.3, -0.25) is 10.1 Å². The Morgan fingerprint density at radius 3 is 2.64 bits per heavy atom. The predicted octanol–water partition coefficient (Wildman–Crippen LogP) is 4.27. The maximum Gasteiger partial charge on any atom is 0.331 e. The van der Waals surface area contributed by atoms with Crippen LogP contribution in [0.25, 0.3) is 17.5 Å². The van der Waals surface area contributed by atoms with Gasteiger partial charge in [-0.05, 0) is 37.6 Å². The van der Waals surface area contributed by atoms with Crippen molar-refractivity contribution >= 4 is 17.7 Å². The summed E-state index contributed by atoms with van der Waals surface area (Å²) in [6.45, 7) is 3.58. The lowest BCUT2D eigenvalue weighted by atomic mass is 10.1. The number of carbonyl (C=O) groups excluding carboxylic acids is 1. The minimum atomic E-state index is -0.742. The van der Waals surface area contributed by atoms with Gasteiger partial charge in [0.25, 0.3) is 11.6 Å². The van der Waals surface area contributed by atoms with Crippen molar-refractivity contribution in [2.75, 3.05) is 0 Å². The number of nitrogens with zero attached hydrogens (tertiary/aromatic N) is 3. The molecule has 0 aliphatic carbocycles. The molecule has 3 aromatic rings.